The van der Waals surface area contributed by atoms with Crippen LogP contribution in [-0.4, -0.2) is 28.8 Å². The van der Waals surface area contributed by atoms with E-state index in [0.717, 1.165) is 41.4 Å². The van der Waals surface area contributed by atoms with E-state index in [1.807, 2.05) is 43.8 Å². The van der Waals surface area contributed by atoms with Gasteiger partial charge in [-0.2, -0.15) is 5.10 Å². The summed E-state index contributed by atoms with van der Waals surface area (Å²) < 4.78 is 1.84. The Morgan fingerprint density at radius 1 is 1.12 bits per heavy atom. The van der Waals surface area contributed by atoms with Gasteiger partial charge in [0, 0.05) is 31.4 Å². The molecule has 134 valence electrons. The Kier molecular flexibility index (Phi) is 5.41. The van der Waals surface area contributed by atoms with E-state index >= 15 is 0 Å². The van der Waals surface area contributed by atoms with E-state index in [1.54, 1.807) is 0 Å². The van der Waals surface area contributed by atoms with Crippen molar-refractivity contribution in [2.24, 2.45) is 7.05 Å². The van der Waals surface area contributed by atoms with Crippen LogP contribution in [0.15, 0.2) is 24.3 Å². The van der Waals surface area contributed by atoms with Gasteiger partial charge in [-0.1, -0.05) is 25.0 Å². The van der Waals surface area contributed by atoms with Crippen LogP contribution in [0, 0.1) is 13.8 Å². The second kappa shape index (κ2) is 7.72. The van der Waals surface area contributed by atoms with E-state index < -0.39 is 0 Å². The van der Waals surface area contributed by atoms with Gasteiger partial charge in [-0.15, -0.1) is 0 Å². The Balaban J connectivity index is 1.75. The molecule has 0 atom stereocenters. The van der Waals surface area contributed by atoms with Crippen LogP contribution in [0.3, 0.4) is 0 Å². The number of rotatable bonds is 4. The smallest absolute Gasteiger partial charge is 0.228 e. The van der Waals surface area contributed by atoms with Gasteiger partial charge in [0.25, 0.3) is 0 Å². The molecule has 2 heterocycles. The van der Waals surface area contributed by atoms with Gasteiger partial charge in [0.15, 0.2) is 0 Å². The van der Waals surface area contributed by atoms with Gasteiger partial charge in [-0.05, 0) is 38.8 Å². The van der Waals surface area contributed by atoms with Crippen molar-refractivity contribution in [1.82, 2.24) is 9.78 Å². The number of hydrogen-bond acceptors (Lipinski definition) is 3. The highest BCUT2D eigenvalue weighted by atomic mass is 16.1. The molecule has 1 aliphatic rings. The van der Waals surface area contributed by atoms with Gasteiger partial charge in [0.2, 0.25) is 5.91 Å². The second-order valence-corrected chi connectivity index (χ2v) is 6.92. The minimum absolute atomic E-state index is 0.0153. The van der Waals surface area contributed by atoms with Gasteiger partial charge in [-0.25, -0.2) is 0 Å². The molecule has 1 fully saturated rings. The van der Waals surface area contributed by atoms with Gasteiger partial charge in [-0.3, -0.25) is 9.48 Å². The van der Waals surface area contributed by atoms with Crippen LogP contribution >= 0.6 is 0 Å². The lowest BCUT2D eigenvalue weighted by Crippen LogP contribution is -2.26. The third-order valence-electron chi connectivity index (χ3n) is 5.12. The third kappa shape index (κ3) is 4.03. The molecule has 1 amide bonds. The number of nitrogens with one attached hydrogen (secondary N) is 1. The molecule has 1 aliphatic heterocycles. The normalized spacial score (nSPS) is 15.1. The highest BCUT2D eigenvalue weighted by molar-refractivity contribution is 5.95. The largest absolute Gasteiger partial charge is 0.370 e. The maximum atomic E-state index is 12.6. The van der Waals surface area contributed by atoms with Crippen molar-refractivity contribution in [3.05, 3.63) is 41.2 Å². The number of amides is 1. The molecular formula is C20H28N4O. The van der Waals surface area contributed by atoms with E-state index in [-0.39, 0.29) is 5.91 Å². The van der Waals surface area contributed by atoms with E-state index in [0.29, 0.717) is 6.42 Å². The maximum absolute atomic E-state index is 12.6. The zero-order chi connectivity index (χ0) is 17.8. The summed E-state index contributed by atoms with van der Waals surface area (Å²) in [5.74, 6) is 0.0153. The minimum Gasteiger partial charge on any atom is -0.370 e. The number of carbonyl (C=O) groups is 1. The van der Waals surface area contributed by atoms with Crippen LogP contribution in [0.5, 0.6) is 0 Å². The lowest BCUT2D eigenvalue weighted by molar-refractivity contribution is -0.115. The number of aryl methyl sites for hydroxylation is 2. The number of nitrogens with zero attached hydrogens (tertiary/aromatic N) is 3. The predicted molar refractivity (Wildman–Crippen MR) is 102 cm³/mol. The van der Waals surface area contributed by atoms with E-state index in [1.165, 1.54) is 25.7 Å². The second-order valence-electron chi connectivity index (χ2n) is 6.92. The molecular weight excluding hydrogens is 312 g/mol. The molecule has 1 saturated heterocycles. The zero-order valence-electron chi connectivity index (χ0n) is 15.5. The summed E-state index contributed by atoms with van der Waals surface area (Å²) in [6.45, 7) is 6.09. The molecule has 5 heteroatoms. The van der Waals surface area contributed by atoms with Gasteiger partial charge < -0.3 is 10.2 Å². The summed E-state index contributed by atoms with van der Waals surface area (Å²) in [4.78, 5) is 15.0. The number of hydrogen-bond donors (Lipinski definition) is 1. The molecule has 3 rings (SSSR count). The molecule has 25 heavy (non-hydrogen) atoms. The lowest BCUT2D eigenvalue weighted by atomic mass is 10.1. The van der Waals surface area contributed by atoms with E-state index in [9.17, 15) is 4.79 Å². The number of aromatic nitrogens is 2. The standard InChI is InChI=1S/C20H28N4O/c1-15-17(16(2)23(3)22-15)14-20(25)21-18-10-6-7-11-19(18)24-12-8-4-5-9-13-24/h6-7,10-11H,4-5,8-9,12-14H2,1-3H3,(H,21,25). The Morgan fingerprint density at radius 3 is 2.44 bits per heavy atom. The van der Waals surface area contributed by atoms with Crippen molar-refractivity contribution in [2.75, 3.05) is 23.3 Å². The highest BCUT2D eigenvalue weighted by Crippen LogP contribution is 2.28. The third-order valence-corrected chi connectivity index (χ3v) is 5.12. The molecule has 2 aromatic rings. The average Bonchev–Trinajstić information content (AvgIpc) is 2.81. The summed E-state index contributed by atoms with van der Waals surface area (Å²) in [5.41, 5.74) is 5.04. The van der Waals surface area contributed by atoms with Crippen LogP contribution in [0.25, 0.3) is 0 Å². The fraction of sp³-hybridized carbons (Fsp3) is 0.500. The van der Waals surface area contributed by atoms with Crippen molar-refractivity contribution < 1.29 is 4.79 Å². The molecule has 0 bridgehead atoms. The van der Waals surface area contributed by atoms with Crippen LogP contribution in [0.2, 0.25) is 0 Å². The topological polar surface area (TPSA) is 50.2 Å². The fourth-order valence-electron chi connectivity index (χ4n) is 3.59. The highest BCUT2D eigenvalue weighted by Gasteiger charge is 2.17. The van der Waals surface area contributed by atoms with Crippen molar-refractivity contribution >= 4 is 17.3 Å². The van der Waals surface area contributed by atoms with E-state index in [4.69, 9.17) is 0 Å². The number of para-hydroxylation sites is 2. The lowest BCUT2D eigenvalue weighted by Gasteiger charge is -2.25. The van der Waals surface area contributed by atoms with Crippen molar-refractivity contribution in [3.8, 4) is 0 Å². The molecule has 0 radical (unpaired) electrons. The Morgan fingerprint density at radius 2 is 1.80 bits per heavy atom. The van der Waals surface area contributed by atoms with E-state index in [2.05, 4.69) is 21.4 Å². The van der Waals surface area contributed by atoms with Crippen LogP contribution < -0.4 is 10.2 Å². The molecule has 0 aliphatic carbocycles. The van der Waals surface area contributed by atoms with Crippen LogP contribution in [-0.2, 0) is 18.3 Å². The fourth-order valence-corrected chi connectivity index (χ4v) is 3.59. The SMILES string of the molecule is Cc1nn(C)c(C)c1CC(=O)Nc1ccccc1N1CCCCCC1. The Hall–Kier alpha value is -2.30. The summed E-state index contributed by atoms with van der Waals surface area (Å²) in [6.07, 6.45) is 5.39. The summed E-state index contributed by atoms with van der Waals surface area (Å²) in [6, 6.07) is 8.14. The molecule has 5 nitrogen and oxygen atoms in total. The van der Waals surface area contributed by atoms with Gasteiger partial charge in [0.1, 0.15) is 0 Å². The molecule has 0 spiro atoms. The number of carbonyl (C=O) groups excluding carboxylic acids is 1. The number of anilines is 2. The first-order valence-electron chi connectivity index (χ1n) is 9.19. The van der Waals surface area contributed by atoms with Crippen LogP contribution in [0.1, 0.15) is 42.6 Å². The molecule has 0 saturated carbocycles. The first-order valence-corrected chi connectivity index (χ1v) is 9.19. The summed E-state index contributed by atoms with van der Waals surface area (Å²) in [5, 5.41) is 7.52. The molecule has 1 N–H and O–H groups in total. The van der Waals surface area contributed by atoms with Crippen LogP contribution in [0.4, 0.5) is 11.4 Å². The van der Waals surface area contributed by atoms with Crippen molar-refractivity contribution in [3.63, 3.8) is 0 Å². The Bertz CT molecular complexity index is 742. The van der Waals surface area contributed by atoms with Gasteiger partial charge >= 0.3 is 0 Å². The van der Waals surface area contributed by atoms with Crippen molar-refractivity contribution in [1.29, 1.82) is 0 Å². The maximum Gasteiger partial charge on any atom is 0.228 e. The first kappa shape index (κ1) is 17.5. The number of benzene rings is 1. The van der Waals surface area contributed by atoms with Crippen molar-refractivity contribution in [2.45, 2.75) is 46.0 Å². The zero-order valence-corrected chi connectivity index (χ0v) is 15.5. The quantitative estimate of drug-likeness (QED) is 0.925. The Labute approximate surface area is 150 Å². The minimum atomic E-state index is 0.0153. The first-order chi connectivity index (χ1) is 12.1. The summed E-state index contributed by atoms with van der Waals surface area (Å²) in [7, 11) is 1.92. The van der Waals surface area contributed by atoms with Gasteiger partial charge in [0.05, 0.1) is 23.5 Å². The summed E-state index contributed by atoms with van der Waals surface area (Å²) >= 11 is 0. The molecule has 1 aromatic carbocycles. The molecule has 1 aromatic heterocycles. The monoisotopic (exact) mass is 340 g/mol. The average molecular weight is 340 g/mol. The predicted octanol–water partition coefficient (Wildman–Crippen LogP) is 3.60. The molecule has 0 unspecified atom stereocenters.